The highest BCUT2D eigenvalue weighted by molar-refractivity contribution is 4.69. The predicted molar refractivity (Wildman–Crippen MR) is 68.0 cm³/mol. The van der Waals surface area contributed by atoms with Gasteiger partial charge >= 0.3 is 0 Å². The van der Waals surface area contributed by atoms with Crippen LogP contribution in [0.2, 0.25) is 0 Å². The molecule has 0 bridgehead atoms. The average Bonchev–Trinajstić information content (AvgIpc) is 2.11. The molecule has 0 rings (SSSR count). The number of hydrogen-bond acceptors (Lipinski definition) is 1. The third kappa shape index (κ3) is 10.2. The molecule has 0 fully saturated rings. The van der Waals surface area contributed by atoms with Gasteiger partial charge in [-0.15, -0.1) is 0 Å². The molecule has 1 nitrogen and oxygen atoms in total. The van der Waals surface area contributed by atoms with Crippen molar-refractivity contribution in [2.24, 2.45) is 11.3 Å². The Morgan fingerprint density at radius 1 is 0.933 bits per heavy atom. The summed E-state index contributed by atoms with van der Waals surface area (Å²) in [6, 6.07) is 0. The number of unbranched alkanes of at least 4 members (excludes halogenated alkanes) is 2. The van der Waals surface area contributed by atoms with Crippen LogP contribution in [0.25, 0.3) is 0 Å². The van der Waals surface area contributed by atoms with E-state index in [1.54, 1.807) is 0 Å². The van der Waals surface area contributed by atoms with Crippen molar-refractivity contribution in [3.63, 3.8) is 0 Å². The summed E-state index contributed by atoms with van der Waals surface area (Å²) in [7, 11) is 0. The zero-order valence-corrected chi connectivity index (χ0v) is 11.2. The molecule has 0 saturated carbocycles. The zero-order valence-electron chi connectivity index (χ0n) is 11.2. The van der Waals surface area contributed by atoms with Crippen LogP contribution in [0.4, 0.5) is 0 Å². The molecule has 0 heterocycles. The summed E-state index contributed by atoms with van der Waals surface area (Å²) < 4.78 is 0. The van der Waals surface area contributed by atoms with Crippen molar-refractivity contribution in [3.05, 3.63) is 0 Å². The van der Waals surface area contributed by atoms with E-state index in [1.807, 2.05) is 0 Å². The predicted octanol–water partition coefficient (Wildman–Crippen LogP) is 4.39. The van der Waals surface area contributed by atoms with Crippen LogP contribution < -0.4 is 0 Å². The Hall–Kier alpha value is -0.0400. The van der Waals surface area contributed by atoms with E-state index in [2.05, 4.69) is 27.7 Å². The number of rotatable bonds is 9. The molecule has 1 heteroatoms. The Morgan fingerprint density at radius 3 is 2.07 bits per heavy atom. The molecule has 0 aliphatic carbocycles. The van der Waals surface area contributed by atoms with Gasteiger partial charge in [0.25, 0.3) is 0 Å². The molecule has 0 aromatic carbocycles. The van der Waals surface area contributed by atoms with Crippen LogP contribution in [0.15, 0.2) is 0 Å². The molecule has 92 valence electrons. The van der Waals surface area contributed by atoms with Gasteiger partial charge in [0.1, 0.15) is 0 Å². The fourth-order valence-corrected chi connectivity index (χ4v) is 2.01. The molecule has 15 heavy (non-hydrogen) atoms. The third-order valence-corrected chi connectivity index (χ3v) is 3.15. The first-order valence-corrected chi connectivity index (χ1v) is 6.59. The molecule has 1 N–H and O–H groups in total. The molecule has 0 aromatic rings. The first-order chi connectivity index (χ1) is 6.98. The minimum absolute atomic E-state index is 0.355. The van der Waals surface area contributed by atoms with Gasteiger partial charge in [-0.1, -0.05) is 53.4 Å². The van der Waals surface area contributed by atoms with Crippen LogP contribution in [0, 0.1) is 11.3 Å². The topological polar surface area (TPSA) is 20.2 Å². The molecule has 0 spiro atoms. The van der Waals surface area contributed by atoms with Crippen molar-refractivity contribution in [2.75, 3.05) is 6.61 Å². The van der Waals surface area contributed by atoms with E-state index in [9.17, 15) is 0 Å². The van der Waals surface area contributed by atoms with Gasteiger partial charge in [-0.05, 0) is 30.6 Å². The SMILES string of the molecule is CC(C)CCCC(C)(C)CCCCCO. The molecular weight excluding hydrogens is 184 g/mol. The lowest BCUT2D eigenvalue weighted by atomic mass is 9.81. The highest BCUT2D eigenvalue weighted by Crippen LogP contribution is 2.30. The Balaban J connectivity index is 3.48. The van der Waals surface area contributed by atoms with Gasteiger partial charge in [-0.3, -0.25) is 0 Å². The van der Waals surface area contributed by atoms with Crippen molar-refractivity contribution >= 4 is 0 Å². The van der Waals surface area contributed by atoms with E-state index >= 15 is 0 Å². The van der Waals surface area contributed by atoms with Gasteiger partial charge in [0.15, 0.2) is 0 Å². The van der Waals surface area contributed by atoms with Crippen molar-refractivity contribution in [1.29, 1.82) is 0 Å². The normalized spacial score (nSPS) is 12.4. The van der Waals surface area contributed by atoms with Crippen LogP contribution in [-0.2, 0) is 0 Å². The van der Waals surface area contributed by atoms with Gasteiger partial charge < -0.3 is 5.11 Å². The highest BCUT2D eigenvalue weighted by Gasteiger charge is 2.16. The molecule has 0 aliphatic heterocycles. The Morgan fingerprint density at radius 2 is 1.53 bits per heavy atom. The van der Waals surface area contributed by atoms with E-state index in [-0.39, 0.29) is 0 Å². The summed E-state index contributed by atoms with van der Waals surface area (Å²) >= 11 is 0. The lowest BCUT2D eigenvalue weighted by molar-refractivity contribution is 0.257. The highest BCUT2D eigenvalue weighted by atomic mass is 16.2. The van der Waals surface area contributed by atoms with Gasteiger partial charge in [-0.25, -0.2) is 0 Å². The minimum Gasteiger partial charge on any atom is -0.396 e. The van der Waals surface area contributed by atoms with Crippen LogP contribution in [-0.4, -0.2) is 11.7 Å². The molecule has 0 aromatic heterocycles. The summed E-state index contributed by atoms with van der Waals surface area (Å²) in [6.07, 6.45) is 8.82. The number of aliphatic hydroxyl groups is 1. The lowest BCUT2D eigenvalue weighted by Gasteiger charge is -2.25. The summed E-state index contributed by atoms with van der Waals surface area (Å²) in [6.45, 7) is 9.72. The minimum atomic E-state index is 0.355. The Labute approximate surface area is 96.3 Å². The second-order valence-corrected chi connectivity index (χ2v) is 5.98. The fourth-order valence-electron chi connectivity index (χ4n) is 2.01. The van der Waals surface area contributed by atoms with E-state index in [0.717, 1.165) is 12.3 Å². The van der Waals surface area contributed by atoms with E-state index in [4.69, 9.17) is 5.11 Å². The lowest BCUT2D eigenvalue weighted by Crippen LogP contribution is -2.11. The van der Waals surface area contributed by atoms with Gasteiger partial charge in [0, 0.05) is 6.61 Å². The number of aliphatic hydroxyl groups excluding tert-OH is 1. The van der Waals surface area contributed by atoms with Crippen LogP contribution >= 0.6 is 0 Å². The first kappa shape index (κ1) is 15.0. The smallest absolute Gasteiger partial charge is 0.0431 e. The molecule has 0 atom stereocenters. The van der Waals surface area contributed by atoms with E-state index in [1.165, 1.54) is 38.5 Å². The summed E-state index contributed by atoms with van der Waals surface area (Å²) in [5, 5.41) is 8.70. The van der Waals surface area contributed by atoms with Crippen LogP contribution in [0.3, 0.4) is 0 Å². The van der Waals surface area contributed by atoms with Crippen LogP contribution in [0.1, 0.15) is 72.6 Å². The van der Waals surface area contributed by atoms with E-state index < -0.39 is 0 Å². The van der Waals surface area contributed by atoms with Crippen molar-refractivity contribution in [3.8, 4) is 0 Å². The average molecular weight is 214 g/mol. The maximum Gasteiger partial charge on any atom is 0.0431 e. The molecule has 0 unspecified atom stereocenters. The molecular formula is C14H30O. The van der Waals surface area contributed by atoms with Gasteiger partial charge in [0.05, 0.1) is 0 Å². The second kappa shape index (κ2) is 8.15. The summed E-state index contributed by atoms with van der Waals surface area (Å²) in [4.78, 5) is 0. The quantitative estimate of drug-likeness (QED) is 0.564. The Bertz CT molecular complexity index is 138. The third-order valence-electron chi connectivity index (χ3n) is 3.15. The van der Waals surface area contributed by atoms with Crippen molar-refractivity contribution < 1.29 is 5.11 Å². The van der Waals surface area contributed by atoms with Gasteiger partial charge in [-0.2, -0.15) is 0 Å². The maximum atomic E-state index is 8.70. The maximum absolute atomic E-state index is 8.70. The molecule has 0 radical (unpaired) electrons. The monoisotopic (exact) mass is 214 g/mol. The first-order valence-electron chi connectivity index (χ1n) is 6.59. The second-order valence-electron chi connectivity index (χ2n) is 5.98. The molecule has 0 aliphatic rings. The largest absolute Gasteiger partial charge is 0.396 e. The summed E-state index contributed by atoms with van der Waals surface area (Å²) in [5.41, 5.74) is 0.504. The van der Waals surface area contributed by atoms with Crippen molar-refractivity contribution in [1.82, 2.24) is 0 Å². The van der Waals surface area contributed by atoms with E-state index in [0.29, 0.717) is 12.0 Å². The van der Waals surface area contributed by atoms with Gasteiger partial charge in [0.2, 0.25) is 0 Å². The van der Waals surface area contributed by atoms with Crippen LogP contribution in [0.5, 0.6) is 0 Å². The summed E-state index contributed by atoms with van der Waals surface area (Å²) in [5.74, 6) is 0.843. The number of hydrogen-bond donors (Lipinski definition) is 1. The molecule has 0 saturated heterocycles. The fraction of sp³-hybridized carbons (Fsp3) is 1.00. The van der Waals surface area contributed by atoms with Crippen molar-refractivity contribution in [2.45, 2.75) is 72.6 Å². The molecule has 0 amide bonds. The Kier molecular flexibility index (Phi) is 8.13. The zero-order chi connectivity index (χ0) is 11.7. The standard InChI is InChI=1S/C14H30O/c1-13(2)9-8-11-14(3,4)10-6-5-7-12-15/h13,15H,5-12H2,1-4H3.